The number of ether oxygens (including phenoxy) is 2. The molecular weight excluding hydrogens is 203 g/mol. The van der Waals surface area contributed by atoms with Crippen LogP contribution in [0.4, 0.5) is 0 Å². The summed E-state index contributed by atoms with van der Waals surface area (Å²) in [6.07, 6.45) is 0. The van der Waals surface area contributed by atoms with Crippen LogP contribution in [0.15, 0.2) is 18.2 Å². The molecule has 0 aromatic heterocycles. The van der Waals surface area contributed by atoms with E-state index < -0.39 is 7.37 Å². The molecule has 1 aromatic rings. The molecular formula is C9H13O4P. The lowest BCUT2D eigenvalue weighted by Gasteiger charge is -2.14. The normalized spacial score (nSPS) is 14.6. The van der Waals surface area contributed by atoms with Gasteiger partial charge in [-0.3, -0.25) is 4.57 Å². The van der Waals surface area contributed by atoms with Crippen molar-refractivity contribution in [3.05, 3.63) is 18.2 Å². The molecule has 1 N–H and O–H groups in total. The monoisotopic (exact) mass is 216 g/mol. The van der Waals surface area contributed by atoms with E-state index in [1.54, 1.807) is 18.2 Å². The lowest BCUT2D eigenvalue weighted by molar-refractivity contribution is 0.397. The maximum absolute atomic E-state index is 11.6. The molecule has 0 aliphatic rings. The van der Waals surface area contributed by atoms with E-state index in [1.807, 2.05) is 0 Å². The van der Waals surface area contributed by atoms with Crippen LogP contribution in [0.5, 0.6) is 11.5 Å². The molecule has 0 saturated carbocycles. The van der Waals surface area contributed by atoms with Crippen LogP contribution in [0.1, 0.15) is 0 Å². The summed E-state index contributed by atoms with van der Waals surface area (Å²) >= 11 is 0. The number of benzene rings is 1. The highest BCUT2D eigenvalue weighted by Gasteiger charge is 2.24. The molecule has 0 aliphatic heterocycles. The second-order valence-corrected chi connectivity index (χ2v) is 5.10. The molecule has 1 unspecified atom stereocenters. The molecule has 0 fully saturated rings. The molecule has 0 saturated heterocycles. The average Bonchev–Trinajstić information content (AvgIpc) is 2.15. The zero-order valence-electron chi connectivity index (χ0n) is 8.35. The molecule has 0 radical (unpaired) electrons. The fourth-order valence-corrected chi connectivity index (χ4v) is 2.39. The predicted octanol–water partition coefficient (Wildman–Crippen LogP) is 1.23. The van der Waals surface area contributed by atoms with Gasteiger partial charge in [-0.15, -0.1) is 0 Å². The highest BCUT2D eigenvalue weighted by atomic mass is 31.2. The van der Waals surface area contributed by atoms with Crippen molar-refractivity contribution >= 4 is 12.7 Å². The van der Waals surface area contributed by atoms with Crippen LogP contribution in [0.25, 0.3) is 0 Å². The molecule has 5 heteroatoms. The second-order valence-electron chi connectivity index (χ2n) is 2.89. The van der Waals surface area contributed by atoms with Crippen molar-refractivity contribution in [2.45, 2.75) is 0 Å². The lowest BCUT2D eigenvalue weighted by Crippen LogP contribution is -2.11. The quantitative estimate of drug-likeness (QED) is 0.772. The van der Waals surface area contributed by atoms with Crippen molar-refractivity contribution in [2.24, 2.45) is 0 Å². The van der Waals surface area contributed by atoms with Gasteiger partial charge in [0.1, 0.15) is 16.8 Å². The summed E-state index contributed by atoms with van der Waals surface area (Å²) in [6.45, 7) is 1.26. The van der Waals surface area contributed by atoms with Crippen molar-refractivity contribution in [1.82, 2.24) is 0 Å². The highest BCUT2D eigenvalue weighted by molar-refractivity contribution is 7.65. The first-order valence-corrected chi connectivity index (χ1v) is 6.13. The first-order valence-electron chi connectivity index (χ1n) is 4.02. The van der Waals surface area contributed by atoms with Crippen LogP contribution >= 0.6 is 7.37 Å². The summed E-state index contributed by atoms with van der Waals surface area (Å²) in [7, 11) is -0.472. The topological polar surface area (TPSA) is 55.8 Å². The van der Waals surface area contributed by atoms with E-state index >= 15 is 0 Å². The van der Waals surface area contributed by atoms with Crippen LogP contribution in [-0.2, 0) is 4.57 Å². The Morgan fingerprint density at radius 2 is 1.64 bits per heavy atom. The van der Waals surface area contributed by atoms with Crippen LogP contribution in [0, 0.1) is 0 Å². The zero-order chi connectivity index (χ0) is 10.8. The molecule has 4 nitrogen and oxygen atoms in total. The highest BCUT2D eigenvalue weighted by Crippen LogP contribution is 2.41. The number of hydrogen-bond acceptors (Lipinski definition) is 3. The van der Waals surface area contributed by atoms with E-state index in [-0.39, 0.29) is 5.30 Å². The molecule has 0 amide bonds. The van der Waals surface area contributed by atoms with Crippen LogP contribution in [0.2, 0.25) is 0 Å². The van der Waals surface area contributed by atoms with Gasteiger partial charge in [0.15, 0.2) is 0 Å². The number of rotatable bonds is 3. The minimum Gasteiger partial charge on any atom is -0.496 e. The molecule has 1 aromatic carbocycles. The van der Waals surface area contributed by atoms with Gasteiger partial charge in [0.25, 0.3) is 0 Å². The molecule has 1 rings (SSSR count). The van der Waals surface area contributed by atoms with Gasteiger partial charge in [-0.2, -0.15) is 0 Å². The van der Waals surface area contributed by atoms with Crippen molar-refractivity contribution in [1.29, 1.82) is 0 Å². The van der Waals surface area contributed by atoms with Gasteiger partial charge < -0.3 is 14.4 Å². The average molecular weight is 216 g/mol. The van der Waals surface area contributed by atoms with Gasteiger partial charge in [0, 0.05) is 6.66 Å². The van der Waals surface area contributed by atoms with Gasteiger partial charge in [-0.1, -0.05) is 6.07 Å². The summed E-state index contributed by atoms with van der Waals surface area (Å²) in [5.41, 5.74) is 0. The Kier molecular flexibility index (Phi) is 3.19. The Bertz CT molecular complexity index is 347. The summed E-state index contributed by atoms with van der Waals surface area (Å²) in [4.78, 5) is 9.51. The van der Waals surface area contributed by atoms with Gasteiger partial charge in [-0.05, 0) is 12.1 Å². The van der Waals surface area contributed by atoms with Gasteiger partial charge in [-0.25, -0.2) is 0 Å². The van der Waals surface area contributed by atoms with E-state index in [2.05, 4.69) is 0 Å². The maximum atomic E-state index is 11.6. The number of hydrogen-bond donors (Lipinski definition) is 1. The van der Waals surface area contributed by atoms with Crippen LogP contribution < -0.4 is 14.8 Å². The third-order valence-electron chi connectivity index (χ3n) is 1.82. The Hall–Kier alpha value is -0.990. The van der Waals surface area contributed by atoms with Gasteiger partial charge in [0.05, 0.1) is 14.2 Å². The first kappa shape index (κ1) is 11.1. The number of methoxy groups -OCH3 is 2. The van der Waals surface area contributed by atoms with E-state index in [4.69, 9.17) is 9.47 Å². The fraction of sp³-hybridized carbons (Fsp3) is 0.333. The summed E-state index contributed by atoms with van der Waals surface area (Å²) in [5.74, 6) is 0.746. The largest absolute Gasteiger partial charge is 0.496 e. The summed E-state index contributed by atoms with van der Waals surface area (Å²) < 4.78 is 21.6. The Morgan fingerprint density at radius 1 is 1.21 bits per heavy atom. The molecule has 0 spiro atoms. The Morgan fingerprint density at radius 3 is 1.93 bits per heavy atom. The smallest absolute Gasteiger partial charge is 0.234 e. The van der Waals surface area contributed by atoms with Crippen LogP contribution in [0.3, 0.4) is 0 Å². The fourth-order valence-electron chi connectivity index (χ4n) is 1.24. The molecule has 0 bridgehead atoms. The third-order valence-corrected chi connectivity index (χ3v) is 3.09. The first-order chi connectivity index (χ1) is 6.50. The molecule has 1 atom stereocenters. The van der Waals surface area contributed by atoms with E-state index in [0.717, 1.165) is 0 Å². The minimum absolute atomic E-state index is 0.227. The third kappa shape index (κ3) is 2.08. The van der Waals surface area contributed by atoms with E-state index in [9.17, 15) is 9.46 Å². The second kappa shape index (κ2) is 4.03. The Balaban J connectivity index is 3.42. The van der Waals surface area contributed by atoms with E-state index in [1.165, 1.54) is 20.9 Å². The predicted molar refractivity (Wildman–Crippen MR) is 54.9 cm³/mol. The zero-order valence-corrected chi connectivity index (χ0v) is 9.25. The Labute approximate surface area is 82.9 Å². The van der Waals surface area contributed by atoms with Crippen molar-refractivity contribution in [3.8, 4) is 11.5 Å². The van der Waals surface area contributed by atoms with Crippen molar-refractivity contribution in [3.63, 3.8) is 0 Å². The summed E-state index contributed by atoms with van der Waals surface area (Å²) in [6, 6.07) is 4.96. The van der Waals surface area contributed by atoms with Crippen LogP contribution in [-0.4, -0.2) is 25.8 Å². The van der Waals surface area contributed by atoms with E-state index in [0.29, 0.717) is 11.5 Å². The van der Waals surface area contributed by atoms with Crippen molar-refractivity contribution < 1.29 is 18.9 Å². The van der Waals surface area contributed by atoms with Gasteiger partial charge in [0.2, 0.25) is 7.37 Å². The molecule has 14 heavy (non-hydrogen) atoms. The molecule has 78 valence electrons. The van der Waals surface area contributed by atoms with Gasteiger partial charge >= 0.3 is 0 Å². The van der Waals surface area contributed by atoms with Crippen molar-refractivity contribution in [2.75, 3.05) is 20.9 Å². The minimum atomic E-state index is -3.38. The maximum Gasteiger partial charge on any atom is 0.234 e. The molecule has 0 aliphatic carbocycles. The molecule has 0 heterocycles. The summed E-state index contributed by atoms with van der Waals surface area (Å²) in [5, 5.41) is 0.227. The lowest BCUT2D eigenvalue weighted by atomic mass is 10.3. The SMILES string of the molecule is COc1cccc(OC)c1P(C)(=O)O. The standard InChI is InChI=1S/C9H13O4P/c1-12-7-5-4-6-8(13-2)9(7)14(3,10)11/h4-6H,1-3H3,(H,10,11).